The van der Waals surface area contributed by atoms with Crippen LogP contribution < -0.4 is 15.3 Å². The van der Waals surface area contributed by atoms with Gasteiger partial charge in [-0.2, -0.15) is 8.78 Å². The summed E-state index contributed by atoms with van der Waals surface area (Å²) in [7, 11) is 1.23. The van der Waals surface area contributed by atoms with E-state index in [9.17, 15) is 8.78 Å². The molecule has 0 spiro atoms. The lowest BCUT2D eigenvalue weighted by Gasteiger charge is -2.40. The van der Waals surface area contributed by atoms with Crippen LogP contribution in [0.4, 0.5) is 13.2 Å². The molecule has 1 aliphatic heterocycles. The molecule has 2 aromatic rings. The normalized spacial score (nSPS) is 23.2. The van der Waals surface area contributed by atoms with E-state index in [1.54, 1.807) is 5.01 Å². The molecule has 4 rings (SSSR count). The van der Waals surface area contributed by atoms with Gasteiger partial charge in [-0.25, -0.2) is 9.40 Å². The number of methoxy groups -OCH3 is 1. The van der Waals surface area contributed by atoms with Gasteiger partial charge in [-0.15, -0.1) is 0 Å². The van der Waals surface area contributed by atoms with E-state index < -0.39 is 23.7 Å². The third-order valence-corrected chi connectivity index (χ3v) is 6.07. The zero-order chi connectivity index (χ0) is 21.3. The van der Waals surface area contributed by atoms with Gasteiger partial charge in [0.1, 0.15) is 6.17 Å². The Labute approximate surface area is 174 Å². The Hall–Kier alpha value is -2.25. The molecule has 0 aromatic heterocycles. The number of halogens is 3. The minimum Gasteiger partial charge on any atom is -0.494 e. The highest BCUT2D eigenvalue weighted by Crippen LogP contribution is 2.48. The van der Waals surface area contributed by atoms with Crippen LogP contribution in [-0.2, 0) is 0 Å². The Morgan fingerprint density at radius 2 is 1.87 bits per heavy atom. The van der Waals surface area contributed by atoms with Crippen molar-refractivity contribution in [2.75, 3.05) is 20.3 Å². The van der Waals surface area contributed by atoms with E-state index in [1.807, 2.05) is 30.3 Å². The SMILES string of the molecule is COc1cc(C(F)C2CCCN(N)C2c2ccccc2)c(OCC2CC2)c(F)c1F. The van der Waals surface area contributed by atoms with Crippen molar-refractivity contribution < 1.29 is 22.6 Å². The van der Waals surface area contributed by atoms with Gasteiger partial charge < -0.3 is 9.47 Å². The van der Waals surface area contributed by atoms with E-state index in [-0.39, 0.29) is 29.7 Å². The van der Waals surface area contributed by atoms with Gasteiger partial charge in [-0.1, -0.05) is 30.3 Å². The molecule has 2 aliphatic rings. The number of hydrogen-bond acceptors (Lipinski definition) is 4. The van der Waals surface area contributed by atoms with Crippen LogP contribution in [0.2, 0.25) is 0 Å². The molecule has 0 amide bonds. The maximum Gasteiger partial charge on any atom is 0.204 e. The fraction of sp³-hybridized carbons (Fsp3) is 0.478. The van der Waals surface area contributed by atoms with E-state index in [1.165, 1.54) is 13.2 Å². The molecule has 4 nitrogen and oxygen atoms in total. The molecule has 0 radical (unpaired) electrons. The third kappa shape index (κ3) is 4.14. The first-order valence-corrected chi connectivity index (χ1v) is 10.4. The molecule has 2 N–H and O–H groups in total. The van der Waals surface area contributed by atoms with Crippen LogP contribution in [0.15, 0.2) is 36.4 Å². The lowest BCUT2D eigenvalue weighted by Crippen LogP contribution is -2.44. The highest BCUT2D eigenvalue weighted by molar-refractivity contribution is 5.45. The summed E-state index contributed by atoms with van der Waals surface area (Å²) in [4.78, 5) is 0. The Morgan fingerprint density at radius 1 is 1.13 bits per heavy atom. The predicted octanol–water partition coefficient (Wildman–Crippen LogP) is 5.10. The number of nitrogens with zero attached hydrogens (tertiary/aromatic N) is 1. The first-order valence-electron chi connectivity index (χ1n) is 10.4. The minimum atomic E-state index is -1.60. The number of hydrazine groups is 1. The number of alkyl halides is 1. The Balaban J connectivity index is 1.72. The summed E-state index contributed by atoms with van der Waals surface area (Å²) < 4.78 is 55.8. The zero-order valence-corrected chi connectivity index (χ0v) is 17.0. The molecule has 162 valence electrons. The van der Waals surface area contributed by atoms with Crippen molar-refractivity contribution in [2.45, 2.75) is 37.9 Å². The van der Waals surface area contributed by atoms with E-state index in [0.717, 1.165) is 18.4 Å². The van der Waals surface area contributed by atoms with Gasteiger partial charge in [-0.3, -0.25) is 5.84 Å². The zero-order valence-electron chi connectivity index (χ0n) is 17.0. The van der Waals surface area contributed by atoms with Crippen LogP contribution in [0.3, 0.4) is 0 Å². The van der Waals surface area contributed by atoms with Crippen LogP contribution in [0.25, 0.3) is 0 Å². The predicted molar refractivity (Wildman–Crippen MR) is 108 cm³/mol. The average molecular weight is 420 g/mol. The van der Waals surface area contributed by atoms with Gasteiger partial charge in [0.2, 0.25) is 11.6 Å². The van der Waals surface area contributed by atoms with Gasteiger partial charge in [0, 0.05) is 18.0 Å². The number of rotatable bonds is 7. The standard InChI is InChI=1S/C23H27F3N2O2/c1-29-18-12-17(23(21(26)20(18)25)30-13-14-9-10-14)19(24)16-8-5-11-28(27)22(16)15-6-3-2-4-7-15/h2-4,6-7,12,14,16,19,22H,5,8-11,13,27H2,1H3. The molecule has 2 aromatic carbocycles. The third-order valence-electron chi connectivity index (χ3n) is 6.07. The average Bonchev–Trinajstić information content (AvgIpc) is 3.59. The summed E-state index contributed by atoms with van der Waals surface area (Å²) in [5, 5.41) is 1.64. The Kier molecular flexibility index (Phi) is 6.20. The molecule has 2 fully saturated rings. The summed E-state index contributed by atoms with van der Waals surface area (Å²) in [6, 6.07) is 10.3. The molecule has 1 saturated heterocycles. The van der Waals surface area contributed by atoms with Gasteiger partial charge in [0.05, 0.1) is 19.8 Å². The molecule has 1 aliphatic carbocycles. The summed E-state index contributed by atoms with van der Waals surface area (Å²) in [5.41, 5.74) is 0.870. The number of piperidine rings is 1. The van der Waals surface area contributed by atoms with E-state index in [4.69, 9.17) is 15.3 Å². The maximum atomic E-state index is 16.1. The van der Waals surface area contributed by atoms with Crippen LogP contribution in [0.5, 0.6) is 11.5 Å². The number of hydrogen-bond donors (Lipinski definition) is 1. The second kappa shape index (κ2) is 8.86. The van der Waals surface area contributed by atoms with Crippen molar-refractivity contribution in [2.24, 2.45) is 17.7 Å². The quantitative estimate of drug-likeness (QED) is 0.633. The van der Waals surface area contributed by atoms with Gasteiger partial charge in [0.25, 0.3) is 0 Å². The maximum absolute atomic E-state index is 16.1. The lowest BCUT2D eigenvalue weighted by atomic mass is 9.80. The van der Waals surface area contributed by atoms with E-state index >= 15 is 4.39 Å². The van der Waals surface area contributed by atoms with Gasteiger partial charge >= 0.3 is 0 Å². The van der Waals surface area contributed by atoms with Crippen molar-refractivity contribution in [1.82, 2.24) is 5.01 Å². The molecule has 1 heterocycles. The van der Waals surface area contributed by atoms with E-state index in [2.05, 4.69) is 0 Å². The van der Waals surface area contributed by atoms with Gasteiger partial charge in [0.15, 0.2) is 11.5 Å². The fourth-order valence-electron chi connectivity index (χ4n) is 4.27. The van der Waals surface area contributed by atoms with Crippen LogP contribution >= 0.6 is 0 Å². The minimum absolute atomic E-state index is 0.0207. The Morgan fingerprint density at radius 3 is 2.53 bits per heavy atom. The molecule has 3 atom stereocenters. The van der Waals surface area contributed by atoms with Crippen molar-refractivity contribution >= 4 is 0 Å². The summed E-state index contributed by atoms with van der Waals surface area (Å²) >= 11 is 0. The number of ether oxygens (including phenoxy) is 2. The second-order valence-corrected chi connectivity index (χ2v) is 8.18. The monoisotopic (exact) mass is 420 g/mol. The van der Waals surface area contributed by atoms with Crippen LogP contribution in [0.1, 0.15) is 49.0 Å². The van der Waals surface area contributed by atoms with Crippen LogP contribution in [0, 0.1) is 23.5 Å². The highest BCUT2D eigenvalue weighted by atomic mass is 19.2. The number of benzene rings is 2. The number of nitrogens with two attached hydrogens (primary N) is 1. The molecule has 0 bridgehead atoms. The first-order chi connectivity index (χ1) is 14.5. The molecule has 30 heavy (non-hydrogen) atoms. The Bertz CT molecular complexity index is 876. The lowest BCUT2D eigenvalue weighted by molar-refractivity contribution is 0.0400. The van der Waals surface area contributed by atoms with Crippen molar-refractivity contribution in [3.05, 3.63) is 59.2 Å². The summed E-state index contributed by atoms with van der Waals surface area (Å²) in [6.07, 6.45) is 1.65. The molecular formula is C23H27F3N2O2. The largest absolute Gasteiger partial charge is 0.494 e. The molecular weight excluding hydrogens is 393 g/mol. The van der Waals surface area contributed by atoms with Crippen molar-refractivity contribution in [1.29, 1.82) is 0 Å². The van der Waals surface area contributed by atoms with Crippen LogP contribution in [-0.4, -0.2) is 25.3 Å². The van der Waals surface area contributed by atoms with Crippen molar-refractivity contribution in [3.63, 3.8) is 0 Å². The first kappa shape index (κ1) is 21.0. The highest BCUT2D eigenvalue weighted by Gasteiger charge is 2.40. The topological polar surface area (TPSA) is 47.7 Å². The molecule has 1 saturated carbocycles. The van der Waals surface area contributed by atoms with E-state index in [0.29, 0.717) is 25.3 Å². The second-order valence-electron chi connectivity index (χ2n) is 8.18. The summed E-state index contributed by atoms with van der Waals surface area (Å²) in [5.74, 6) is 2.97. The van der Waals surface area contributed by atoms with Gasteiger partial charge in [-0.05, 0) is 43.2 Å². The summed E-state index contributed by atoms with van der Waals surface area (Å²) in [6.45, 7) is 0.882. The van der Waals surface area contributed by atoms with Crippen molar-refractivity contribution in [3.8, 4) is 11.5 Å². The molecule has 7 heteroatoms. The molecule has 3 unspecified atom stereocenters. The fourth-order valence-corrected chi connectivity index (χ4v) is 4.27. The smallest absolute Gasteiger partial charge is 0.204 e.